The third-order valence-electron chi connectivity index (χ3n) is 3.98. The molecule has 0 atom stereocenters. The molecule has 0 spiro atoms. The summed E-state index contributed by atoms with van der Waals surface area (Å²) in [6, 6.07) is 4.62. The maximum absolute atomic E-state index is 12.8. The average Bonchev–Trinajstić information content (AvgIpc) is 3.26. The fourth-order valence-electron chi connectivity index (χ4n) is 2.56. The summed E-state index contributed by atoms with van der Waals surface area (Å²) in [4.78, 5) is 16.6. The third kappa shape index (κ3) is 4.61. The molecule has 162 valence electrons. The number of imidazole rings is 1. The molecular weight excluding hydrogens is 432 g/mol. The number of esters is 1. The van der Waals surface area contributed by atoms with E-state index < -0.39 is 21.6 Å². The minimum Gasteiger partial charge on any atom is -0.495 e. The topological polar surface area (TPSA) is 132 Å². The van der Waals surface area contributed by atoms with Gasteiger partial charge in [-0.25, -0.2) is 27.4 Å². The Bertz CT molecular complexity index is 1180. The number of methoxy groups -OCH3 is 1. The van der Waals surface area contributed by atoms with Crippen LogP contribution in [0.1, 0.15) is 30.6 Å². The molecule has 0 amide bonds. The van der Waals surface area contributed by atoms with Crippen LogP contribution < -0.4 is 9.46 Å². The Labute approximate surface area is 177 Å². The Hall–Kier alpha value is -2.54. The fourth-order valence-corrected chi connectivity index (χ4v) is 4.73. The van der Waals surface area contributed by atoms with Gasteiger partial charge in [-0.15, -0.1) is 5.10 Å². The molecule has 0 aliphatic carbocycles. The highest BCUT2D eigenvalue weighted by Gasteiger charge is 2.25. The molecule has 3 rings (SSSR count). The maximum Gasteiger partial charge on any atom is 0.369 e. The smallest absolute Gasteiger partial charge is 0.369 e. The number of carbonyl (C=O) groups is 1. The van der Waals surface area contributed by atoms with Gasteiger partial charge in [0.1, 0.15) is 10.6 Å². The van der Waals surface area contributed by atoms with Gasteiger partial charge in [-0.05, 0) is 39.0 Å². The molecule has 10 nitrogen and oxygen atoms in total. The Morgan fingerprint density at radius 1 is 1.37 bits per heavy atom. The molecule has 0 radical (unpaired) electrons. The van der Waals surface area contributed by atoms with Gasteiger partial charge in [0.15, 0.2) is 0 Å². The summed E-state index contributed by atoms with van der Waals surface area (Å²) in [5.41, 5.74) is -0.217. The SMILES string of the molecule is CCOC(=O)c1nn2c(-c3ccc(OC)c(S(=O)(=O)NCC(C)(C)O)c3)cnc2s1. The number of nitrogens with one attached hydrogen (secondary N) is 1. The van der Waals surface area contributed by atoms with Gasteiger partial charge in [-0.1, -0.05) is 11.3 Å². The van der Waals surface area contributed by atoms with Crippen molar-refractivity contribution in [3.05, 3.63) is 29.4 Å². The lowest BCUT2D eigenvalue weighted by molar-refractivity contribution is 0.0524. The minimum absolute atomic E-state index is 0.0949. The molecule has 0 saturated carbocycles. The number of rotatable bonds is 8. The number of hydrogen-bond acceptors (Lipinski definition) is 9. The monoisotopic (exact) mass is 454 g/mol. The van der Waals surface area contributed by atoms with E-state index in [0.29, 0.717) is 16.2 Å². The van der Waals surface area contributed by atoms with Crippen LogP contribution >= 0.6 is 11.3 Å². The number of benzene rings is 1. The third-order valence-corrected chi connectivity index (χ3v) is 6.30. The second-order valence-electron chi connectivity index (χ2n) is 6.97. The van der Waals surface area contributed by atoms with Crippen molar-refractivity contribution in [1.29, 1.82) is 0 Å². The van der Waals surface area contributed by atoms with Gasteiger partial charge in [-0.3, -0.25) is 0 Å². The Morgan fingerprint density at radius 3 is 2.73 bits per heavy atom. The quantitative estimate of drug-likeness (QED) is 0.492. The van der Waals surface area contributed by atoms with Crippen LogP contribution in [-0.4, -0.2) is 60.0 Å². The second kappa shape index (κ2) is 8.30. The summed E-state index contributed by atoms with van der Waals surface area (Å²) in [6.07, 6.45) is 1.54. The molecule has 1 aromatic carbocycles. The van der Waals surface area contributed by atoms with E-state index in [-0.39, 0.29) is 28.8 Å². The highest BCUT2D eigenvalue weighted by atomic mass is 32.2. The van der Waals surface area contributed by atoms with E-state index in [0.717, 1.165) is 11.3 Å². The lowest BCUT2D eigenvalue weighted by Crippen LogP contribution is -2.38. The molecule has 0 aliphatic rings. The van der Waals surface area contributed by atoms with Crippen molar-refractivity contribution in [3.63, 3.8) is 0 Å². The van der Waals surface area contributed by atoms with E-state index >= 15 is 0 Å². The van der Waals surface area contributed by atoms with E-state index in [1.807, 2.05) is 0 Å². The lowest BCUT2D eigenvalue weighted by Gasteiger charge is -2.18. The number of nitrogens with zero attached hydrogens (tertiary/aromatic N) is 3. The van der Waals surface area contributed by atoms with Crippen molar-refractivity contribution in [2.75, 3.05) is 20.3 Å². The summed E-state index contributed by atoms with van der Waals surface area (Å²) >= 11 is 1.07. The minimum atomic E-state index is -3.98. The first-order valence-electron chi connectivity index (χ1n) is 8.98. The number of hydrogen-bond donors (Lipinski definition) is 2. The van der Waals surface area contributed by atoms with Gasteiger partial charge in [-0.2, -0.15) is 0 Å². The number of carbonyl (C=O) groups excluding carboxylic acids is 1. The van der Waals surface area contributed by atoms with Gasteiger partial charge in [0.05, 0.1) is 31.2 Å². The highest BCUT2D eigenvalue weighted by Crippen LogP contribution is 2.31. The van der Waals surface area contributed by atoms with Crippen molar-refractivity contribution < 1.29 is 27.8 Å². The summed E-state index contributed by atoms with van der Waals surface area (Å²) in [5, 5.41) is 14.2. The Kier molecular flexibility index (Phi) is 6.13. The summed E-state index contributed by atoms with van der Waals surface area (Å²) in [6.45, 7) is 4.75. The normalized spacial score (nSPS) is 12.3. The molecule has 2 heterocycles. The van der Waals surface area contributed by atoms with E-state index in [4.69, 9.17) is 9.47 Å². The Balaban J connectivity index is 2.04. The van der Waals surface area contributed by atoms with E-state index in [2.05, 4.69) is 14.8 Å². The van der Waals surface area contributed by atoms with Gasteiger partial charge >= 0.3 is 5.97 Å². The number of aromatic nitrogens is 3. The zero-order valence-electron chi connectivity index (χ0n) is 16.9. The van der Waals surface area contributed by atoms with Crippen LogP contribution in [0.25, 0.3) is 16.2 Å². The molecular formula is C18H22N4O6S2. The predicted octanol–water partition coefficient (Wildman–Crippen LogP) is 1.69. The number of aliphatic hydroxyl groups is 1. The number of ether oxygens (including phenoxy) is 2. The van der Waals surface area contributed by atoms with E-state index in [9.17, 15) is 18.3 Å². The largest absolute Gasteiger partial charge is 0.495 e. The molecule has 12 heteroatoms. The zero-order valence-corrected chi connectivity index (χ0v) is 18.5. The first-order valence-corrected chi connectivity index (χ1v) is 11.3. The Morgan fingerprint density at radius 2 is 2.10 bits per heavy atom. The molecule has 0 fully saturated rings. The van der Waals surface area contributed by atoms with Crippen LogP contribution in [0.2, 0.25) is 0 Å². The van der Waals surface area contributed by atoms with Crippen LogP contribution in [0.4, 0.5) is 0 Å². The van der Waals surface area contributed by atoms with Crippen LogP contribution in [0, 0.1) is 0 Å². The molecule has 2 aromatic heterocycles. The molecule has 30 heavy (non-hydrogen) atoms. The number of fused-ring (bicyclic) bond motifs is 1. The maximum atomic E-state index is 12.8. The molecule has 3 aromatic rings. The molecule has 0 aliphatic heterocycles. The summed E-state index contributed by atoms with van der Waals surface area (Å²) < 4.78 is 39.6. The van der Waals surface area contributed by atoms with Crippen molar-refractivity contribution in [2.45, 2.75) is 31.3 Å². The summed E-state index contributed by atoms with van der Waals surface area (Å²) in [5.74, 6) is -0.402. The molecule has 0 saturated heterocycles. The summed E-state index contributed by atoms with van der Waals surface area (Å²) in [7, 11) is -2.61. The van der Waals surface area contributed by atoms with E-state index in [1.54, 1.807) is 13.0 Å². The lowest BCUT2D eigenvalue weighted by atomic mass is 10.1. The predicted molar refractivity (Wildman–Crippen MR) is 110 cm³/mol. The molecule has 0 bridgehead atoms. The van der Waals surface area contributed by atoms with Crippen molar-refractivity contribution >= 4 is 32.3 Å². The van der Waals surface area contributed by atoms with Crippen LogP contribution in [-0.2, 0) is 14.8 Å². The highest BCUT2D eigenvalue weighted by molar-refractivity contribution is 7.89. The average molecular weight is 455 g/mol. The zero-order chi connectivity index (χ0) is 22.1. The first kappa shape index (κ1) is 22.2. The molecule has 2 N–H and O–H groups in total. The van der Waals surface area contributed by atoms with Crippen LogP contribution in [0.5, 0.6) is 5.75 Å². The van der Waals surface area contributed by atoms with E-state index in [1.165, 1.54) is 43.8 Å². The van der Waals surface area contributed by atoms with Gasteiger partial charge < -0.3 is 14.6 Å². The standard InChI is InChI=1S/C18H22N4O6S2/c1-5-28-16(23)15-21-22-12(9-19-17(22)29-15)11-6-7-13(27-4)14(8-11)30(25,26)20-10-18(2,3)24/h6-9,20,24H,5,10H2,1-4H3. The van der Waals surface area contributed by atoms with Crippen LogP contribution in [0.15, 0.2) is 29.3 Å². The first-order chi connectivity index (χ1) is 14.1. The fraction of sp³-hybridized carbons (Fsp3) is 0.389. The van der Waals surface area contributed by atoms with Crippen molar-refractivity contribution in [2.24, 2.45) is 0 Å². The molecule has 0 unspecified atom stereocenters. The second-order valence-corrected chi connectivity index (χ2v) is 9.66. The van der Waals surface area contributed by atoms with Crippen LogP contribution in [0.3, 0.4) is 0 Å². The van der Waals surface area contributed by atoms with Crippen molar-refractivity contribution in [3.8, 4) is 17.0 Å². The van der Waals surface area contributed by atoms with Gasteiger partial charge in [0.2, 0.25) is 20.0 Å². The van der Waals surface area contributed by atoms with Gasteiger partial charge in [0, 0.05) is 12.1 Å². The van der Waals surface area contributed by atoms with Gasteiger partial charge in [0.25, 0.3) is 0 Å². The number of sulfonamides is 1. The van der Waals surface area contributed by atoms with Crippen molar-refractivity contribution in [1.82, 2.24) is 19.3 Å².